The van der Waals surface area contributed by atoms with Crippen LogP contribution in [0.15, 0.2) is 48.5 Å². The highest BCUT2D eigenvalue weighted by molar-refractivity contribution is 5.90. The predicted octanol–water partition coefficient (Wildman–Crippen LogP) is 4.17. The quantitative estimate of drug-likeness (QED) is 0.864. The minimum atomic E-state index is -0.0482. The Morgan fingerprint density at radius 3 is 2.52 bits per heavy atom. The summed E-state index contributed by atoms with van der Waals surface area (Å²) in [5, 5.41) is 6.29. The molecule has 0 saturated carbocycles. The lowest BCUT2D eigenvalue weighted by atomic mass is 10.0. The lowest BCUT2D eigenvalue weighted by Crippen LogP contribution is -2.11. The van der Waals surface area contributed by atoms with Crippen LogP contribution >= 0.6 is 0 Å². The number of amides is 1. The van der Waals surface area contributed by atoms with Crippen LogP contribution in [-0.2, 0) is 4.79 Å². The Kier molecular flexibility index (Phi) is 4.99. The Hall–Kier alpha value is -2.29. The van der Waals surface area contributed by atoms with Gasteiger partial charge in [0.25, 0.3) is 0 Å². The number of nitrogens with one attached hydrogen (secondary N) is 2. The van der Waals surface area contributed by atoms with E-state index in [1.54, 1.807) is 0 Å². The van der Waals surface area contributed by atoms with E-state index in [9.17, 15) is 4.79 Å². The second-order valence-corrected chi connectivity index (χ2v) is 5.40. The third-order valence-electron chi connectivity index (χ3n) is 3.53. The summed E-state index contributed by atoms with van der Waals surface area (Å²) in [6, 6.07) is 16.5. The summed E-state index contributed by atoms with van der Waals surface area (Å²) in [5.74, 6) is 0.379. The Morgan fingerprint density at radius 1 is 1.14 bits per heavy atom. The fourth-order valence-corrected chi connectivity index (χ4v) is 2.23. The molecule has 0 fully saturated rings. The van der Waals surface area contributed by atoms with Gasteiger partial charge in [-0.2, -0.15) is 0 Å². The molecule has 0 spiro atoms. The molecule has 21 heavy (non-hydrogen) atoms. The summed E-state index contributed by atoms with van der Waals surface area (Å²) in [5.41, 5.74) is 4.26. The van der Waals surface area contributed by atoms with Crippen molar-refractivity contribution in [3.63, 3.8) is 0 Å². The molecule has 3 nitrogen and oxygen atoms in total. The molecule has 2 N–H and O–H groups in total. The molecule has 0 saturated heterocycles. The highest BCUT2D eigenvalue weighted by Gasteiger charge is 2.06. The van der Waals surface area contributed by atoms with E-state index < -0.39 is 0 Å². The molecule has 2 aromatic carbocycles. The fourth-order valence-electron chi connectivity index (χ4n) is 2.23. The van der Waals surface area contributed by atoms with Crippen LogP contribution in [0.3, 0.4) is 0 Å². The molecule has 1 atom stereocenters. The van der Waals surface area contributed by atoms with Gasteiger partial charge in [-0.15, -0.1) is 0 Å². The Morgan fingerprint density at radius 2 is 1.86 bits per heavy atom. The van der Waals surface area contributed by atoms with Crippen LogP contribution in [0.1, 0.15) is 30.9 Å². The number of carbonyl (C=O) groups excluding carboxylic acids is 1. The van der Waals surface area contributed by atoms with E-state index in [0.29, 0.717) is 5.92 Å². The molecule has 0 heterocycles. The first-order valence-electron chi connectivity index (χ1n) is 7.23. The monoisotopic (exact) mass is 282 g/mol. The largest absolute Gasteiger partial charge is 0.384 e. The zero-order valence-corrected chi connectivity index (χ0v) is 12.8. The Labute approximate surface area is 126 Å². The standard InChI is InChI=1S/C18H22N2O/c1-13-9-10-17(11-18(13)20-15(3)21)19-12-14(2)16-7-5-4-6-8-16/h4-11,14,19H,12H2,1-3H3,(H,20,21). The maximum atomic E-state index is 11.2. The van der Waals surface area contributed by atoms with Gasteiger partial charge in [0.15, 0.2) is 0 Å². The van der Waals surface area contributed by atoms with Gasteiger partial charge >= 0.3 is 0 Å². The van der Waals surface area contributed by atoms with Crippen molar-refractivity contribution in [2.75, 3.05) is 17.2 Å². The molecule has 2 aromatic rings. The van der Waals surface area contributed by atoms with Crippen LogP contribution in [0.25, 0.3) is 0 Å². The molecule has 0 aliphatic heterocycles. The molecular weight excluding hydrogens is 260 g/mol. The summed E-state index contributed by atoms with van der Waals surface area (Å²) in [4.78, 5) is 11.2. The molecule has 0 aliphatic rings. The zero-order valence-electron chi connectivity index (χ0n) is 12.8. The minimum absolute atomic E-state index is 0.0482. The van der Waals surface area contributed by atoms with Gasteiger partial charge in [0.05, 0.1) is 0 Å². The van der Waals surface area contributed by atoms with E-state index in [0.717, 1.165) is 23.5 Å². The van der Waals surface area contributed by atoms with Gasteiger partial charge in [-0.05, 0) is 36.1 Å². The predicted molar refractivity (Wildman–Crippen MR) is 88.8 cm³/mol. The maximum absolute atomic E-state index is 11.2. The van der Waals surface area contributed by atoms with Crippen molar-refractivity contribution in [3.05, 3.63) is 59.7 Å². The number of hydrogen-bond acceptors (Lipinski definition) is 2. The molecular formula is C18H22N2O. The number of aryl methyl sites for hydroxylation is 1. The normalized spacial score (nSPS) is 11.8. The maximum Gasteiger partial charge on any atom is 0.221 e. The summed E-state index contributed by atoms with van der Waals surface area (Å²) < 4.78 is 0. The Bertz CT molecular complexity index is 608. The van der Waals surface area contributed by atoms with Gasteiger partial charge < -0.3 is 10.6 Å². The van der Waals surface area contributed by atoms with Crippen molar-refractivity contribution >= 4 is 17.3 Å². The van der Waals surface area contributed by atoms with Crippen molar-refractivity contribution < 1.29 is 4.79 Å². The van der Waals surface area contributed by atoms with Gasteiger partial charge in [0.2, 0.25) is 5.91 Å². The lowest BCUT2D eigenvalue weighted by molar-refractivity contribution is -0.114. The van der Waals surface area contributed by atoms with E-state index in [4.69, 9.17) is 0 Å². The third kappa shape index (κ3) is 4.35. The molecule has 0 radical (unpaired) electrons. The van der Waals surface area contributed by atoms with E-state index >= 15 is 0 Å². The second kappa shape index (κ2) is 6.93. The molecule has 0 aliphatic carbocycles. The molecule has 1 unspecified atom stereocenters. The van der Waals surface area contributed by atoms with Gasteiger partial charge in [-0.3, -0.25) is 4.79 Å². The first-order valence-corrected chi connectivity index (χ1v) is 7.23. The second-order valence-electron chi connectivity index (χ2n) is 5.40. The summed E-state index contributed by atoms with van der Waals surface area (Å²) in [6.07, 6.45) is 0. The van der Waals surface area contributed by atoms with Crippen LogP contribution < -0.4 is 10.6 Å². The SMILES string of the molecule is CC(=O)Nc1cc(NCC(C)c2ccccc2)ccc1C. The van der Waals surface area contributed by atoms with Crippen molar-refractivity contribution in [1.29, 1.82) is 0 Å². The number of rotatable bonds is 5. The first-order chi connectivity index (χ1) is 10.1. The van der Waals surface area contributed by atoms with Crippen molar-refractivity contribution in [3.8, 4) is 0 Å². The van der Waals surface area contributed by atoms with E-state index in [2.05, 4.69) is 41.8 Å². The molecule has 110 valence electrons. The number of anilines is 2. The number of carbonyl (C=O) groups is 1. The smallest absolute Gasteiger partial charge is 0.221 e. The summed E-state index contributed by atoms with van der Waals surface area (Å²) >= 11 is 0. The number of benzene rings is 2. The van der Waals surface area contributed by atoms with Gasteiger partial charge in [0.1, 0.15) is 0 Å². The van der Waals surface area contributed by atoms with E-state index in [-0.39, 0.29) is 5.91 Å². The molecule has 0 bridgehead atoms. The molecule has 2 rings (SSSR count). The average Bonchev–Trinajstić information content (AvgIpc) is 2.48. The highest BCUT2D eigenvalue weighted by atomic mass is 16.1. The van der Waals surface area contributed by atoms with E-state index in [1.807, 2.05) is 31.2 Å². The highest BCUT2D eigenvalue weighted by Crippen LogP contribution is 2.22. The fraction of sp³-hybridized carbons (Fsp3) is 0.278. The molecule has 0 aromatic heterocycles. The van der Waals surface area contributed by atoms with Crippen molar-refractivity contribution in [2.45, 2.75) is 26.7 Å². The van der Waals surface area contributed by atoms with Gasteiger partial charge in [0, 0.05) is 24.8 Å². The van der Waals surface area contributed by atoms with Crippen LogP contribution in [0.4, 0.5) is 11.4 Å². The van der Waals surface area contributed by atoms with Crippen LogP contribution in [0.5, 0.6) is 0 Å². The molecule has 3 heteroatoms. The van der Waals surface area contributed by atoms with Crippen molar-refractivity contribution in [1.82, 2.24) is 0 Å². The first kappa shape index (κ1) is 15.1. The summed E-state index contributed by atoms with van der Waals surface area (Å²) in [6.45, 7) is 6.57. The van der Waals surface area contributed by atoms with Crippen LogP contribution in [0, 0.1) is 6.92 Å². The average molecular weight is 282 g/mol. The lowest BCUT2D eigenvalue weighted by Gasteiger charge is -2.15. The zero-order chi connectivity index (χ0) is 15.2. The van der Waals surface area contributed by atoms with Gasteiger partial charge in [-0.1, -0.05) is 43.3 Å². The minimum Gasteiger partial charge on any atom is -0.384 e. The number of hydrogen-bond donors (Lipinski definition) is 2. The Balaban J connectivity index is 2.01. The van der Waals surface area contributed by atoms with E-state index in [1.165, 1.54) is 12.5 Å². The molecule has 1 amide bonds. The van der Waals surface area contributed by atoms with Crippen LogP contribution in [-0.4, -0.2) is 12.5 Å². The van der Waals surface area contributed by atoms with Crippen LogP contribution in [0.2, 0.25) is 0 Å². The topological polar surface area (TPSA) is 41.1 Å². The summed E-state index contributed by atoms with van der Waals surface area (Å²) in [7, 11) is 0. The third-order valence-corrected chi connectivity index (χ3v) is 3.53. The van der Waals surface area contributed by atoms with Crippen molar-refractivity contribution in [2.24, 2.45) is 0 Å². The van der Waals surface area contributed by atoms with Gasteiger partial charge in [-0.25, -0.2) is 0 Å².